The Balaban J connectivity index is 1.14. The van der Waals surface area contributed by atoms with Gasteiger partial charge in [-0.2, -0.15) is 0 Å². The van der Waals surface area contributed by atoms with Crippen LogP contribution >= 0.6 is 0 Å². The van der Waals surface area contributed by atoms with Crippen molar-refractivity contribution in [1.82, 2.24) is 24.5 Å². The number of rotatable bonds is 9. The van der Waals surface area contributed by atoms with Crippen molar-refractivity contribution in [3.05, 3.63) is 236 Å². The van der Waals surface area contributed by atoms with Gasteiger partial charge in [-0.1, -0.05) is 19.8 Å². The summed E-state index contributed by atoms with van der Waals surface area (Å²) in [6.07, 6.45) is 6.85. The fraction of sp³-hybridized carbons (Fsp3) is 0.125. The van der Waals surface area contributed by atoms with Gasteiger partial charge in [0.15, 0.2) is 0 Å². The SMILES string of the molecule is [2H]c1c([2H])c(-c2nc(-c3ccc[c]([Ge]([c]4ccccc4)([c]4ccccc4)[c]4cccc(-c5ccccc5)c4)c3)nc(-n3c4c([2H])c([2H])c([2H])c([2H])c4c4c([2H])c([2H])c([2H])c([2H])c43)n2)c([2H])c(N2c3ccncc3C3(C)CCCCC23C)c1[2H]. The third kappa shape index (κ3) is 6.83. The number of hydrogen-bond acceptors (Lipinski definition) is 5. The molecule has 0 N–H and O–H groups in total. The van der Waals surface area contributed by atoms with Crippen molar-refractivity contribution in [3.8, 4) is 39.9 Å². The van der Waals surface area contributed by atoms with Crippen LogP contribution in [0.15, 0.2) is 230 Å². The molecule has 342 valence electrons. The molecule has 0 saturated heterocycles. The maximum absolute atomic E-state index is 10.3. The van der Waals surface area contributed by atoms with Crippen LogP contribution in [0, 0.1) is 0 Å². The molecule has 0 bridgehead atoms. The van der Waals surface area contributed by atoms with Gasteiger partial charge in [-0.3, -0.25) is 4.98 Å². The van der Waals surface area contributed by atoms with E-state index in [1.807, 2.05) is 90.0 Å². The van der Waals surface area contributed by atoms with Gasteiger partial charge in [0.2, 0.25) is 0 Å². The predicted octanol–water partition coefficient (Wildman–Crippen LogP) is 12.5. The van der Waals surface area contributed by atoms with Crippen LogP contribution in [0.1, 0.15) is 61.5 Å². The molecule has 7 heteroatoms. The minimum atomic E-state index is -4.19. The number of fused-ring (bicyclic) bond motifs is 6. The Morgan fingerprint density at radius 2 is 1.08 bits per heavy atom. The number of nitrogens with zero attached hydrogens (tertiary/aromatic N) is 6. The molecule has 6 nitrogen and oxygen atoms in total. The van der Waals surface area contributed by atoms with Crippen molar-refractivity contribution in [2.75, 3.05) is 4.90 Å². The average molecular weight is 990 g/mol. The van der Waals surface area contributed by atoms with Crippen LogP contribution in [-0.2, 0) is 5.41 Å². The fourth-order valence-electron chi connectivity index (χ4n) is 11.6. The van der Waals surface area contributed by atoms with E-state index < -0.39 is 84.6 Å². The second kappa shape index (κ2) is 17.2. The molecule has 2 atom stereocenters. The number of hydrogen-bond donors (Lipinski definition) is 0. The fourth-order valence-corrected chi connectivity index (χ4v) is 21.7. The van der Waals surface area contributed by atoms with Crippen LogP contribution in [-0.4, -0.2) is 43.3 Å². The Bertz CT molecular complexity index is 4380. The molecule has 4 heterocycles. The van der Waals surface area contributed by atoms with Crippen LogP contribution in [0.5, 0.6) is 0 Å². The zero-order valence-electron chi connectivity index (χ0n) is 51.0. The first kappa shape index (κ1) is 32.0. The molecule has 2 unspecified atom stereocenters. The number of anilines is 2. The third-order valence-corrected chi connectivity index (χ3v) is 25.2. The van der Waals surface area contributed by atoms with Gasteiger partial charge < -0.3 is 0 Å². The molecule has 0 spiro atoms. The molecule has 3 aromatic heterocycles. The Morgan fingerprint density at radius 1 is 0.521 bits per heavy atom. The summed E-state index contributed by atoms with van der Waals surface area (Å²) in [7, 11) is 0. The van der Waals surface area contributed by atoms with Crippen molar-refractivity contribution < 1.29 is 16.4 Å². The topological polar surface area (TPSA) is 59.7 Å². The maximum atomic E-state index is 10.3. The Morgan fingerprint density at radius 3 is 1.76 bits per heavy atom. The molecule has 8 aromatic carbocycles. The molecular weight excluding hydrogens is 925 g/mol. The molecule has 13 rings (SSSR count). The summed E-state index contributed by atoms with van der Waals surface area (Å²) >= 11 is -4.19. The molecule has 1 fully saturated rings. The van der Waals surface area contributed by atoms with Crippen molar-refractivity contribution in [2.24, 2.45) is 0 Å². The van der Waals surface area contributed by atoms with Gasteiger partial charge in [0.25, 0.3) is 0 Å². The molecule has 71 heavy (non-hydrogen) atoms. The molecule has 1 saturated carbocycles. The summed E-state index contributed by atoms with van der Waals surface area (Å²) in [4.78, 5) is 21.9. The van der Waals surface area contributed by atoms with Crippen molar-refractivity contribution in [1.29, 1.82) is 0 Å². The first-order valence-electron chi connectivity index (χ1n) is 29.9. The summed E-state index contributed by atoms with van der Waals surface area (Å²) in [5.41, 5.74) is 2.46. The summed E-state index contributed by atoms with van der Waals surface area (Å²) in [5, 5.41) is -0.375. The van der Waals surface area contributed by atoms with Crippen molar-refractivity contribution in [3.63, 3.8) is 0 Å². The molecule has 1 aliphatic heterocycles. The molecule has 0 radical (unpaired) electrons. The quantitative estimate of drug-likeness (QED) is 0.135. The van der Waals surface area contributed by atoms with E-state index in [-0.39, 0.29) is 62.7 Å². The number of pyridine rings is 1. The van der Waals surface area contributed by atoms with Crippen molar-refractivity contribution in [2.45, 2.75) is 50.5 Å². The first-order chi connectivity index (χ1) is 39.9. The van der Waals surface area contributed by atoms with Crippen LogP contribution in [0.4, 0.5) is 11.4 Å². The summed E-state index contributed by atoms with van der Waals surface area (Å²) in [5.74, 6) is -0.631. The van der Waals surface area contributed by atoms with E-state index in [1.54, 1.807) is 6.20 Å². The van der Waals surface area contributed by atoms with Gasteiger partial charge in [0.1, 0.15) is 0 Å². The van der Waals surface area contributed by atoms with Gasteiger partial charge in [0.05, 0.1) is 0 Å². The van der Waals surface area contributed by atoms with Gasteiger partial charge in [-0.25, -0.2) is 0 Å². The molecular formula is C64H52GeN6. The molecule has 1 aliphatic carbocycles. The number of aromatic nitrogens is 5. The van der Waals surface area contributed by atoms with E-state index >= 15 is 0 Å². The van der Waals surface area contributed by atoms with E-state index in [2.05, 4.69) is 85.6 Å². The zero-order chi connectivity index (χ0) is 58.0. The third-order valence-electron chi connectivity index (χ3n) is 15.2. The van der Waals surface area contributed by atoms with E-state index in [1.165, 1.54) is 4.57 Å². The number of benzene rings is 8. The van der Waals surface area contributed by atoms with E-state index in [9.17, 15) is 11.0 Å². The van der Waals surface area contributed by atoms with Gasteiger partial charge in [-0.05, 0) is 6.42 Å². The Kier molecular flexibility index (Phi) is 7.75. The second-order valence-corrected chi connectivity index (χ2v) is 26.8. The monoisotopic (exact) mass is 990 g/mol. The van der Waals surface area contributed by atoms with Crippen molar-refractivity contribution >= 4 is 64.0 Å². The zero-order valence-corrected chi connectivity index (χ0v) is 41.1. The Labute approximate surface area is 434 Å². The van der Waals surface area contributed by atoms with Crippen LogP contribution in [0.2, 0.25) is 0 Å². The van der Waals surface area contributed by atoms with Gasteiger partial charge in [-0.15, -0.1) is 0 Å². The molecule has 11 aromatic rings. The van der Waals surface area contributed by atoms with Gasteiger partial charge >= 0.3 is 393 Å². The predicted molar refractivity (Wildman–Crippen MR) is 295 cm³/mol. The number of para-hydroxylation sites is 2. The normalized spacial score (nSPS) is 19.9. The van der Waals surface area contributed by atoms with E-state index in [0.29, 0.717) is 12.0 Å². The summed E-state index contributed by atoms with van der Waals surface area (Å²) in [6, 6.07) is 43.1. The summed E-state index contributed by atoms with van der Waals surface area (Å²) < 4.78 is 118. The average Bonchev–Trinajstić information content (AvgIpc) is 3.07. The minimum absolute atomic E-state index is 0.00905. The standard InChI is InChI=1S/C64H52GeN6/c1-63-38-16-17-39-64(63,2)71(59-37-40-66-44-56(59)63)53-32-20-25-48(43-53)61-67-60(68-62(69-61)70-57-35-14-12-33-54(57)55-34-13-15-36-58(55)70)47-24-19-31-52(42-47)65(49-26-8-4-9-27-49,50-28-10-5-11-29-50)51-30-18-23-46(41-51)45-21-6-3-7-22-45/h3-15,18-37,40-44H,16-17,38-39H2,1-2H3/i12D,13D,14D,15D,20D,25D,32D,33D,34D,35D,36D,43D. The second-order valence-electron chi connectivity index (χ2n) is 18.8. The molecule has 0 amide bonds. The van der Waals surface area contributed by atoms with E-state index in [0.717, 1.165) is 59.2 Å². The summed E-state index contributed by atoms with van der Waals surface area (Å²) in [6.45, 7) is 4.30. The van der Waals surface area contributed by atoms with Gasteiger partial charge in [0, 0.05) is 12.4 Å². The van der Waals surface area contributed by atoms with Crippen LogP contribution < -0.4 is 22.5 Å². The van der Waals surface area contributed by atoms with Crippen LogP contribution in [0.25, 0.3) is 61.7 Å². The molecule has 2 aliphatic rings. The Hall–Kier alpha value is -7.94. The van der Waals surface area contributed by atoms with Crippen LogP contribution in [0.3, 0.4) is 0 Å². The van der Waals surface area contributed by atoms with E-state index in [4.69, 9.17) is 20.4 Å². The first-order valence-corrected chi connectivity index (χ1v) is 28.1.